The number of hydrogen-bond donors (Lipinski definition) is 1. The molecule has 4 rings (SSSR count). The Balaban J connectivity index is 1.29. The molecule has 0 saturated carbocycles. The smallest absolute Gasteiger partial charge is 0.307 e. The van der Waals surface area contributed by atoms with Crippen LogP contribution in [-0.2, 0) is 6.61 Å². The van der Waals surface area contributed by atoms with Gasteiger partial charge in [-0.05, 0) is 99.5 Å². The summed E-state index contributed by atoms with van der Waals surface area (Å²) >= 11 is 6.29. The lowest BCUT2D eigenvalue weighted by Crippen LogP contribution is -2.16. The molecule has 0 unspecified atom stereocenters. The molecule has 192 valence electrons. The van der Waals surface area contributed by atoms with Crippen LogP contribution in [0.3, 0.4) is 0 Å². The Morgan fingerprint density at radius 2 is 1.81 bits per heavy atom. The summed E-state index contributed by atoms with van der Waals surface area (Å²) in [6, 6.07) is 20.6. The van der Waals surface area contributed by atoms with Crippen molar-refractivity contribution in [3.63, 3.8) is 0 Å². The molecule has 2 aromatic carbocycles. The first-order valence-electron chi connectivity index (χ1n) is 12.1. The second-order valence-electron chi connectivity index (χ2n) is 8.73. The summed E-state index contributed by atoms with van der Waals surface area (Å²) in [6.07, 6.45) is 2.46. The first-order valence-corrected chi connectivity index (χ1v) is 12.5. The van der Waals surface area contributed by atoms with E-state index in [0.29, 0.717) is 22.3 Å². The summed E-state index contributed by atoms with van der Waals surface area (Å²) in [6.45, 7) is 8.37. The van der Waals surface area contributed by atoms with Crippen LogP contribution in [0, 0.1) is 13.8 Å². The van der Waals surface area contributed by atoms with E-state index >= 15 is 0 Å². The number of amides is 1. The van der Waals surface area contributed by atoms with Crippen LogP contribution in [0.15, 0.2) is 76.2 Å². The number of nitrogens with one attached hydrogen (secondary N) is 1. The van der Waals surface area contributed by atoms with E-state index in [1.165, 1.54) is 17.6 Å². The average molecular weight is 520 g/mol. The molecule has 0 aliphatic rings. The summed E-state index contributed by atoms with van der Waals surface area (Å²) in [5, 5.41) is 4.48. The highest BCUT2D eigenvalue weighted by molar-refractivity contribution is 6.32. The van der Waals surface area contributed by atoms with Crippen LogP contribution in [0.5, 0.6) is 11.5 Å². The Labute approximate surface area is 221 Å². The van der Waals surface area contributed by atoms with Crippen molar-refractivity contribution in [1.29, 1.82) is 0 Å². The van der Waals surface area contributed by atoms with Gasteiger partial charge in [0.25, 0.3) is 0 Å². The van der Waals surface area contributed by atoms with Crippen molar-refractivity contribution in [3.05, 3.63) is 100 Å². The number of aromatic nitrogens is 1. The van der Waals surface area contributed by atoms with Crippen molar-refractivity contribution >= 4 is 23.7 Å². The van der Waals surface area contributed by atoms with Crippen molar-refractivity contribution in [2.24, 2.45) is 5.10 Å². The van der Waals surface area contributed by atoms with Gasteiger partial charge in [0.15, 0.2) is 5.76 Å². The van der Waals surface area contributed by atoms with Crippen LogP contribution in [0.25, 0.3) is 5.69 Å². The van der Waals surface area contributed by atoms with Gasteiger partial charge < -0.3 is 18.5 Å². The number of nitrogens with zero attached hydrogens (tertiary/aromatic N) is 2. The van der Waals surface area contributed by atoms with Crippen LogP contribution in [0.2, 0.25) is 5.02 Å². The van der Waals surface area contributed by atoms with Crippen molar-refractivity contribution in [2.75, 3.05) is 0 Å². The number of carbonyl (C=O) groups is 1. The molecule has 0 aliphatic heterocycles. The number of halogens is 1. The minimum Gasteiger partial charge on any atom is -0.489 e. The van der Waals surface area contributed by atoms with Gasteiger partial charge in [0.1, 0.15) is 23.9 Å². The molecule has 1 N–H and O–H groups in total. The molecular weight excluding hydrogens is 490 g/mol. The van der Waals surface area contributed by atoms with Crippen molar-refractivity contribution in [2.45, 2.75) is 46.8 Å². The molecule has 8 heteroatoms. The van der Waals surface area contributed by atoms with Crippen LogP contribution in [0.1, 0.15) is 53.5 Å². The summed E-state index contributed by atoms with van der Waals surface area (Å²) in [5.74, 6) is 1.52. The predicted molar refractivity (Wildman–Crippen MR) is 145 cm³/mol. The molecule has 7 nitrogen and oxygen atoms in total. The molecule has 37 heavy (non-hydrogen) atoms. The Hall–Kier alpha value is -3.97. The molecule has 1 amide bonds. The second-order valence-corrected chi connectivity index (χ2v) is 9.13. The maximum atomic E-state index is 12.4. The zero-order valence-corrected chi connectivity index (χ0v) is 22.1. The van der Waals surface area contributed by atoms with E-state index in [-0.39, 0.29) is 18.5 Å². The average Bonchev–Trinajstić information content (AvgIpc) is 3.50. The molecule has 2 aromatic heterocycles. The summed E-state index contributed by atoms with van der Waals surface area (Å²) in [5.41, 5.74) is 6.60. The lowest BCUT2D eigenvalue weighted by molar-refractivity contribution is 0.0923. The van der Waals surface area contributed by atoms with E-state index in [0.717, 1.165) is 17.7 Å². The van der Waals surface area contributed by atoms with Crippen molar-refractivity contribution in [1.82, 2.24) is 9.99 Å². The Bertz CT molecular complexity index is 1370. The van der Waals surface area contributed by atoms with Gasteiger partial charge in [-0.3, -0.25) is 4.79 Å². The second kappa shape index (κ2) is 11.8. The lowest BCUT2D eigenvalue weighted by Gasteiger charge is -2.13. The highest BCUT2D eigenvalue weighted by atomic mass is 35.5. The SMILES string of the molecule is CC[C@@H](C)Oc1ccc(/C=N/NC(=O)c2ccc(COc3ccc(-n4c(C)ccc4C)cc3)o2)cc1Cl. The molecule has 0 fully saturated rings. The van der Waals surface area contributed by atoms with Crippen LogP contribution in [0.4, 0.5) is 0 Å². The number of ether oxygens (including phenoxy) is 2. The quantitative estimate of drug-likeness (QED) is 0.183. The lowest BCUT2D eigenvalue weighted by atomic mass is 10.2. The fraction of sp³-hybridized carbons (Fsp3) is 0.241. The summed E-state index contributed by atoms with van der Waals surface area (Å²) in [4.78, 5) is 12.4. The predicted octanol–water partition coefficient (Wildman–Crippen LogP) is 6.86. The van der Waals surface area contributed by atoms with Gasteiger partial charge in [0.2, 0.25) is 0 Å². The molecule has 0 bridgehead atoms. The van der Waals surface area contributed by atoms with Gasteiger partial charge in [0.05, 0.1) is 17.3 Å². The number of hydrazone groups is 1. The van der Waals surface area contributed by atoms with Gasteiger partial charge in [0, 0.05) is 17.1 Å². The van der Waals surface area contributed by atoms with Gasteiger partial charge in [-0.15, -0.1) is 0 Å². The Morgan fingerprint density at radius 3 is 2.49 bits per heavy atom. The monoisotopic (exact) mass is 519 g/mol. The van der Waals surface area contributed by atoms with E-state index < -0.39 is 5.91 Å². The zero-order chi connectivity index (χ0) is 26.4. The molecule has 4 aromatic rings. The minimum absolute atomic E-state index is 0.0733. The number of hydrogen-bond acceptors (Lipinski definition) is 5. The van der Waals surface area contributed by atoms with Crippen molar-refractivity contribution in [3.8, 4) is 17.2 Å². The summed E-state index contributed by atoms with van der Waals surface area (Å²) < 4.78 is 19.4. The topological polar surface area (TPSA) is 78.0 Å². The first kappa shape index (κ1) is 26.1. The van der Waals surface area contributed by atoms with Gasteiger partial charge in [-0.25, -0.2) is 5.43 Å². The van der Waals surface area contributed by atoms with Gasteiger partial charge in [-0.1, -0.05) is 18.5 Å². The van der Waals surface area contributed by atoms with Crippen LogP contribution < -0.4 is 14.9 Å². The molecular formula is C29H30ClN3O4. The summed E-state index contributed by atoms with van der Waals surface area (Å²) in [7, 11) is 0. The van der Waals surface area contributed by atoms with Crippen LogP contribution >= 0.6 is 11.6 Å². The third kappa shape index (κ3) is 6.62. The Kier molecular flexibility index (Phi) is 8.36. The van der Waals surface area contributed by atoms with Gasteiger partial charge >= 0.3 is 5.91 Å². The first-order chi connectivity index (χ1) is 17.8. The Morgan fingerprint density at radius 1 is 1.08 bits per heavy atom. The number of carbonyl (C=O) groups excluding carboxylic acids is 1. The molecule has 0 saturated heterocycles. The van der Waals surface area contributed by atoms with Crippen LogP contribution in [-0.4, -0.2) is 22.8 Å². The third-order valence-electron chi connectivity index (χ3n) is 5.87. The maximum absolute atomic E-state index is 12.4. The number of furan rings is 1. The van der Waals surface area contributed by atoms with Crippen molar-refractivity contribution < 1.29 is 18.7 Å². The minimum atomic E-state index is -0.466. The standard InChI is InChI=1S/C29H30ClN3O4/c1-5-21(4)36-27-14-8-22(16-26(27)30)17-31-32-29(34)28-15-13-25(37-28)18-35-24-11-9-23(10-12-24)33-19(2)6-7-20(33)3/h6-17,21H,5,18H2,1-4H3,(H,32,34)/b31-17+/t21-/m1/s1. The van der Waals surface area contributed by atoms with E-state index in [1.807, 2.05) is 44.2 Å². The molecule has 0 radical (unpaired) electrons. The molecule has 1 atom stereocenters. The van der Waals surface area contributed by atoms with E-state index in [9.17, 15) is 4.79 Å². The third-order valence-corrected chi connectivity index (χ3v) is 6.17. The molecule has 0 spiro atoms. The fourth-order valence-corrected chi connectivity index (χ4v) is 3.95. The highest BCUT2D eigenvalue weighted by Gasteiger charge is 2.12. The zero-order valence-electron chi connectivity index (χ0n) is 21.3. The maximum Gasteiger partial charge on any atom is 0.307 e. The highest BCUT2D eigenvalue weighted by Crippen LogP contribution is 2.26. The fourth-order valence-electron chi connectivity index (χ4n) is 3.71. The van der Waals surface area contributed by atoms with E-state index in [1.54, 1.807) is 24.3 Å². The normalized spacial score (nSPS) is 12.0. The van der Waals surface area contributed by atoms with E-state index in [4.69, 9.17) is 25.5 Å². The van der Waals surface area contributed by atoms with Gasteiger partial charge in [-0.2, -0.15) is 5.10 Å². The van der Waals surface area contributed by atoms with E-state index in [2.05, 4.69) is 41.1 Å². The molecule has 2 heterocycles. The number of aryl methyl sites for hydroxylation is 2. The molecule has 0 aliphatic carbocycles. The largest absolute Gasteiger partial charge is 0.489 e. The number of benzene rings is 2. The number of rotatable bonds is 10.